The Morgan fingerprint density at radius 1 is 1.15 bits per heavy atom. The number of carbonyl (C=O) groups is 1. The molecule has 2 heterocycles. The van der Waals surface area contributed by atoms with Crippen LogP contribution in [0.3, 0.4) is 0 Å². The summed E-state index contributed by atoms with van der Waals surface area (Å²) in [5.41, 5.74) is 0.367. The summed E-state index contributed by atoms with van der Waals surface area (Å²) in [4.78, 5) is 27.9. The molecule has 1 aliphatic heterocycles. The van der Waals surface area contributed by atoms with E-state index >= 15 is 0 Å². The van der Waals surface area contributed by atoms with Crippen LogP contribution in [0.1, 0.15) is 43.0 Å². The molecule has 0 spiro atoms. The molecule has 1 unspecified atom stereocenters. The van der Waals surface area contributed by atoms with E-state index in [1.54, 1.807) is 32.5 Å². The third-order valence-electron chi connectivity index (χ3n) is 5.28. The van der Waals surface area contributed by atoms with Crippen LogP contribution < -0.4 is 15.0 Å². The number of aromatic nitrogens is 1. The molecule has 1 aliphatic rings. The molecule has 0 bridgehead atoms. The van der Waals surface area contributed by atoms with Gasteiger partial charge in [-0.25, -0.2) is 0 Å². The number of hydrogen-bond donors (Lipinski definition) is 0. The third-order valence-corrected chi connectivity index (χ3v) is 5.28. The molecule has 1 aromatic heterocycles. The minimum absolute atomic E-state index is 0.0237. The Morgan fingerprint density at radius 3 is 2.42 bits per heavy atom. The Kier molecular flexibility index (Phi) is 5.20. The number of ether oxygens (including phenoxy) is 2. The van der Waals surface area contributed by atoms with Gasteiger partial charge in [-0.05, 0) is 37.8 Å². The summed E-state index contributed by atoms with van der Waals surface area (Å²) < 4.78 is 12.2. The number of benzene rings is 1. The molecule has 0 radical (unpaired) electrons. The lowest BCUT2D eigenvalue weighted by molar-refractivity contribution is 0.0609. The molecule has 1 fully saturated rings. The first kappa shape index (κ1) is 18.3. The Balaban J connectivity index is 2.20. The molecule has 6 nitrogen and oxygen atoms in total. The van der Waals surface area contributed by atoms with Crippen LogP contribution in [0.5, 0.6) is 11.5 Å². The quantitative estimate of drug-likeness (QED) is 0.843. The molecule has 3 rings (SSSR count). The van der Waals surface area contributed by atoms with Crippen LogP contribution in [0, 0.1) is 0 Å². The molecule has 0 saturated carbocycles. The van der Waals surface area contributed by atoms with Crippen LogP contribution in [0.15, 0.2) is 23.1 Å². The largest absolute Gasteiger partial charge is 0.493 e. The van der Waals surface area contributed by atoms with Gasteiger partial charge in [-0.1, -0.05) is 6.92 Å². The highest BCUT2D eigenvalue weighted by molar-refractivity contribution is 6.07. The first-order chi connectivity index (χ1) is 12.5. The van der Waals surface area contributed by atoms with Gasteiger partial charge in [0.25, 0.3) is 11.5 Å². The van der Waals surface area contributed by atoms with Crippen molar-refractivity contribution in [1.29, 1.82) is 0 Å². The van der Waals surface area contributed by atoms with Gasteiger partial charge in [0.1, 0.15) is 0 Å². The summed E-state index contributed by atoms with van der Waals surface area (Å²) in [7, 11) is 4.75. The van der Waals surface area contributed by atoms with E-state index in [9.17, 15) is 9.59 Å². The average Bonchev–Trinajstić information content (AvgIpc) is 2.69. The Bertz CT molecular complexity index is 887. The molecule has 0 aliphatic carbocycles. The lowest BCUT2D eigenvalue weighted by Crippen LogP contribution is -2.43. The van der Waals surface area contributed by atoms with E-state index in [1.165, 1.54) is 11.7 Å². The van der Waals surface area contributed by atoms with Gasteiger partial charge in [0.05, 0.1) is 25.2 Å². The number of nitrogens with zero attached hydrogens (tertiary/aromatic N) is 2. The lowest BCUT2D eigenvalue weighted by Gasteiger charge is -2.35. The normalized spacial score (nSPS) is 17.4. The Morgan fingerprint density at radius 2 is 1.81 bits per heavy atom. The fraction of sp³-hybridized carbons (Fsp3) is 0.500. The van der Waals surface area contributed by atoms with E-state index in [0.29, 0.717) is 27.8 Å². The minimum Gasteiger partial charge on any atom is -0.493 e. The molecule has 1 aromatic carbocycles. The second kappa shape index (κ2) is 7.40. The fourth-order valence-corrected chi connectivity index (χ4v) is 3.81. The zero-order valence-electron chi connectivity index (χ0n) is 15.9. The third kappa shape index (κ3) is 3.04. The Labute approximate surface area is 153 Å². The van der Waals surface area contributed by atoms with Crippen LogP contribution in [0.2, 0.25) is 0 Å². The smallest absolute Gasteiger partial charge is 0.258 e. The van der Waals surface area contributed by atoms with Gasteiger partial charge >= 0.3 is 0 Å². The number of aryl methyl sites for hydroxylation is 1. The van der Waals surface area contributed by atoms with Gasteiger partial charge in [0.15, 0.2) is 11.5 Å². The summed E-state index contributed by atoms with van der Waals surface area (Å²) in [6.45, 7) is 2.87. The van der Waals surface area contributed by atoms with Crippen molar-refractivity contribution in [2.24, 2.45) is 7.05 Å². The van der Waals surface area contributed by atoms with Crippen molar-refractivity contribution < 1.29 is 14.3 Å². The minimum atomic E-state index is -0.164. The van der Waals surface area contributed by atoms with Gasteiger partial charge in [-0.15, -0.1) is 0 Å². The highest BCUT2D eigenvalue weighted by Crippen LogP contribution is 2.33. The molecule has 26 heavy (non-hydrogen) atoms. The maximum absolute atomic E-state index is 13.3. The molecule has 2 aromatic rings. The number of fused-ring (bicyclic) bond motifs is 1. The van der Waals surface area contributed by atoms with Gasteiger partial charge in [-0.2, -0.15) is 0 Å². The van der Waals surface area contributed by atoms with E-state index in [2.05, 4.69) is 6.92 Å². The van der Waals surface area contributed by atoms with Crippen molar-refractivity contribution in [2.45, 2.75) is 38.6 Å². The summed E-state index contributed by atoms with van der Waals surface area (Å²) >= 11 is 0. The van der Waals surface area contributed by atoms with Gasteiger partial charge in [-0.3, -0.25) is 9.59 Å². The summed E-state index contributed by atoms with van der Waals surface area (Å²) in [5.74, 6) is 0.962. The molecular formula is C20H26N2O4. The zero-order valence-corrected chi connectivity index (χ0v) is 15.9. The van der Waals surface area contributed by atoms with Crippen LogP contribution in [-0.2, 0) is 7.05 Å². The molecular weight excluding hydrogens is 332 g/mol. The standard InChI is InChI=1S/C20H26N2O4/c1-5-13-8-6-7-9-22(13)20(24)16-12-21(2)19(23)15-11-18(26-4)17(25-3)10-14(15)16/h10-13H,5-9H2,1-4H3. The highest BCUT2D eigenvalue weighted by Gasteiger charge is 2.28. The second-order valence-corrected chi connectivity index (χ2v) is 6.77. The average molecular weight is 358 g/mol. The van der Waals surface area contributed by atoms with Gasteiger partial charge < -0.3 is 18.9 Å². The number of carbonyl (C=O) groups excluding carboxylic acids is 1. The molecule has 0 N–H and O–H groups in total. The number of pyridine rings is 1. The van der Waals surface area contributed by atoms with E-state index in [0.717, 1.165) is 32.2 Å². The predicted molar refractivity (Wildman–Crippen MR) is 101 cm³/mol. The van der Waals surface area contributed by atoms with Crippen LogP contribution >= 0.6 is 0 Å². The van der Waals surface area contributed by atoms with E-state index in [-0.39, 0.29) is 17.5 Å². The van der Waals surface area contributed by atoms with Crippen LogP contribution in [0.4, 0.5) is 0 Å². The summed E-state index contributed by atoms with van der Waals surface area (Å²) in [5, 5.41) is 1.07. The second-order valence-electron chi connectivity index (χ2n) is 6.77. The van der Waals surface area contributed by atoms with Crippen molar-refractivity contribution in [2.75, 3.05) is 20.8 Å². The van der Waals surface area contributed by atoms with Crippen molar-refractivity contribution in [3.63, 3.8) is 0 Å². The highest BCUT2D eigenvalue weighted by atomic mass is 16.5. The molecule has 6 heteroatoms. The molecule has 1 amide bonds. The number of methoxy groups -OCH3 is 2. The number of likely N-dealkylation sites (tertiary alicyclic amines) is 1. The first-order valence-corrected chi connectivity index (χ1v) is 9.08. The van der Waals surface area contributed by atoms with E-state index in [4.69, 9.17) is 9.47 Å². The predicted octanol–water partition coefficient (Wildman–Crippen LogP) is 2.96. The SMILES string of the molecule is CCC1CCCCN1C(=O)c1cn(C)c(=O)c2cc(OC)c(OC)cc12. The van der Waals surface area contributed by atoms with Crippen LogP contribution in [-0.4, -0.2) is 42.2 Å². The number of amides is 1. The van der Waals surface area contributed by atoms with Crippen molar-refractivity contribution in [3.05, 3.63) is 34.2 Å². The van der Waals surface area contributed by atoms with Crippen molar-refractivity contribution in [1.82, 2.24) is 9.47 Å². The topological polar surface area (TPSA) is 60.8 Å². The number of hydrogen-bond acceptors (Lipinski definition) is 4. The summed E-state index contributed by atoms with van der Waals surface area (Å²) in [6, 6.07) is 3.64. The van der Waals surface area contributed by atoms with Crippen molar-refractivity contribution >= 4 is 16.7 Å². The fourth-order valence-electron chi connectivity index (χ4n) is 3.81. The monoisotopic (exact) mass is 358 g/mol. The number of rotatable bonds is 4. The molecule has 1 saturated heterocycles. The number of piperidine rings is 1. The zero-order chi connectivity index (χ0) is 18.8. The van der Waals surface area contributed by atoms with E-state index in [1.807, 2.05) is 4.90 Å². The van der Waals surface area contributed by atoms with Gasteiger partial charge in [0, 0.05) is 31.2 Å². The van der Waals surface area contributed by atoms with Crippen LogP contribution in [0.25, 0.3) is 10.8 Å². The van der Waals surface area contributed by atoms with Gasteiger partial charge in [0.2, 0.25) is 0 Å². The maximum Gasteiger partial charge on any atom is 0.258 e. The Hall–Kier alpha value is -2.50. The van der Waals surface area contributed by atoms with Crippen molar-refractivity contribution in [3.8, 4) is 11.5 Å². The molecule has 1 atom stereocenters. The maximum atomic E-state index is 13.3. The first-order valence-electron chi connectivity index (χ1n) is 9.08. The lowest BCUT2D eigenvalue weighted by atomic mass is 9.97. The van der Waals surface area contributed by atoms with E-state index < -0.39 is 0 Å². The molecule has 140 valence electrons. The summed E-state index contributed by atoms with van der Waals surface area (Å²) in [6.07, 6.45) is 5.78.